The van der Waals surface area contributed by atoms with Crippen molar-refractivity contribution >= 4 is 10.4 Å². The van der Waals surface area contributed by atoms with Crippen molar-refractivity contribution in [3.8, 4) is 5.75 Å². The minimum atomic E-state index is -3.87. The van der Waals surface area contributed by atoms with Crippen molar-refractivity contribution in [2.45, 2.75) is 0 Å². The van der Waals surface area contributed by atoms with E-state index < -0.39 is 10.4 Å². The van der Waals surface area contributed by atoms with Gasteiger partial charge in [0, 0.05) is 0 Å². The van der Waals surface area contributed by atoms with Gasteiger partial charge in [0.1, 0.15) is 5.75 Å². The fraction of sp³-hybridized carbons (Fsp3) is 0.143. The fourth-order valence-corrected chi connectivity index (χ4v) is 1.04. The molecule has 0 aliphatic heterocycles. The Kier molecular flexibility index (Phi) is 2.67. The van der Waals surface area contributed by atoms with Crippen LogP contribution in [0.4, 0.5) is 0 Å². The maximum Gasteiger partial charge on any atom is 0.448 e. The first-order chi connectivity index (χ1) is 5.64. The van der Waals surface area contributed by atoms with E-state index in [1.807, 2.05) is 0 Å². The smallest absolute Gasteiger partial charge is 0.362 e. The highest BCUT2D eigenvalue weighted by molar-refractivity contribution is 7.82. The Hall–Kier alpha value is -1.07. The van der Waals surface area contributed by atoms with Crippen LogP contribution in [0, 0.1) is 0 Å². The van der Waals surface area contributed by atoms with E-state index in [9.17, 15) is 8.42 Å². The molecule has 12 heavy (non-hydrogen) atoms. The molecule has 0 bridgehead atoms. The predicted octanol–water partition coefficient (Wildman–Crippen LogP) is 0.957. The normalized spacial score (nSPS) is 11.1. The summed E-state index contributed by atoms with van der Waals surface area (Å²) in [5.41, 5.74) is 0. The lowest BCUT2D eigenvalue weighted by Crippen LogP contribution is -2.10. The lowest BCUT2D eigenvalue weighted by Gasteiger charge is -2.02. The van der Waals surface area contributed by atoms with Crippen LogP contribution in [-0.2, 0) is 14.6 Å². The minimum Gasteiger partial charge on any atom is -0.362 e. The molecule has 66 valence electrons. The summed E-state index contributed by atoms with van der Waals surface area (Å²) in [5.74, 6) is 0.236. The Morgan fingerprint density at radius 2 is 1.75 bits per heavy atom. The second-order valence-electron chi connectivity index (χ2n) is 1.97. The van der Waals surface area contributed by atoms with E-state index in [-0.39, 0.29) is 5.75 Å². The highest BCUT2D eigenvalue weighted by atomic mass is 32.3. The number of hydrogen-bond acceptors (Lipinski definition) is 4. The van der Waals surface area contributed by atoms with Gasteiger partial charge < -0.3 is 4.18 Å². The Balaban J connectivity index is 2.78. The van der Waals surface area contributed by atoms with Crippen molar-refractivity contribution in [2.24, 2.45) is 0 Å². The van der Waals surface area contributed by atoms with Crippen LogP contribution in [0.25, 0.3) is 0 Å². The zero-order valence-electron chi connectivity index (χ0n) is 6.43. The minimum absolute atomic E-state index is 0.236. The molecule has 0 saturated heterocycles. The summed E-state index contributed by atoms with van der Waals surface area (Å²) in [4.78, 5) is 0. The van der Waals surface area contributed by atoms with Gasteiger partial charge in [-0.15, -0.1) is 0 Å². The van der Waals surface area contributed by atoms with E-state index in [2.05, 4.69) is 8.37 Å². The molecule has 5 heteroatoms. The van der Waals surface area contributed by atoms with Crippen LogP contribution in [0.2, 0.25) is 0 Å². The second kappa shape index (κ2) is 3.55. The van der Waals surface area contributed by atoms with Gasteiger partial charge in [-0.3, -0.25) is 0 Å². The molecule has 0 atom stereocenters. The molecular weight excluding hydrogens is 180 g/mol. The van der Waals surface area contributed by atoms with Gasteiger partial charge in [-0.25, -0.2) is 4.18 Å². The largest absolute Gasteiger partial charge is 0.448 e. The molecule has 0 radical (unpaired) electrons. The van der Waals surface area contributed by atoms with Crippen LogP contribution in [0.1, 0.15) is 0 Å². The second-order valence-corrected chi connectivity index (χ2v) is 3.29. The molecule has 1 aromatic carbocycles. The van der Waals surface area contributed by atoms with Crippen molar-refractivity contribution < 1.29 is 16.8 Å². The monoisotopic (exact) mass is 188 g/mol. The molecule has 0 saturated carbocycles. The Labute approximate surface area is 71.1 Å². The molecular formula is C7H8O4S. The highest BCUT2D eigenvalue weighted by Gasteiger charge is 2.09. The van der Waals surface area contributed by atoms with Gasteiger partial charge in [0.15, 0.2) is 0 Å². The van der Waals surface area contributed by atoms with Crippen molar-refractivity contribution in [3.05, 3.63) is 30.3 Å². The first-order valence-electron chi connectivity index (χ1n) is 3.19. The van der Waals surface area contributed by atoms with E-state index >= 15 is 0 Å². The van der Waals surface area contributed by atoms with E-state index in [0.717, 1.165) is 7.11 Å². The van der Waals surface area contributed by atoms with Gasteiger partial charge in [0.25, 0.3) is 0 Å². The third-order valence-corrected chi connectivity index (χ3v) is 1.95. The number of hydrogen-bond donors (Lipinski definition) is 0. The Morgan fingerprint density at radius 1 is 1.17 bits per heavy atom. The van der Waals surface area contributed by atoms with Crippen LogP contribution in [0.5, 0.6) is 5.75 Å². The molecule has 4 nitrogen and oxygen atoms in total. The lowest BCUT2D eigenvalue weighted by molar-refractivity contribution is 0.330. The van der Waals surface area contributed by atoms with Crippen molar-refractivity contribution in [3.63, 3.8) is 0 Å². The highest BCUT2D eigenvalue weighted by Crippen LogP contribution is 2.11. The van der Waals surface area contributed by atoms with E-state index in [1.54, 1.807) is 18.2 Å². The van der Waals surface area contributed by atoms with Crippen LogP contribution in [0.3, 0.4) is 0 Å². The van der Waals surface area contributed by atoms with E-state index in [1.165, 1.54) is 12.1 Å². The molecule has 0 spiro atoms. The Bertz CT molecular complexity index is 330. The first-order valence-corrected chi connectivity index (χ1v) is 4.52. The average Bonchev–Trinajstić information content (AvgIpc) is 2.06. The summed E-state index contributed by atoms with van der Waals surface area (Å²) in [6.45, 7) is 0. The zero-order valence-corrected chi connectivity index (χ0v) is 7.24. The summed E-state index contributed by atoms with van der Waals surface area (Å²) in [6, 6.07) is 8.14. The summed E-state index contributed by atoms with van der Waals surface area (Å²) in [5, 5.41) is 0. The molecule has 1 rings (SSSR count). The molecule has 0 aliphatic carbocycles. The average molecular weight is 188 g/mol. The van der Waals surface area contributed by atoms with Crippen LogP contribution < -0.4 is 4.18 Å². The predicted molar refractivity (Wildman–Crippen MR) is 43.0 cm³/mol. The summed E-state index contributed by atoms with van der Waals surface area (Å²) < 4.78 is 30.0. The molecule has 0 aliphatic rings. The molecule has 1 aromatic rings. The standard InChI is InChI=1S/C7H8O4S/c1-10-12(8,9)11-7-5-3-2-4-6-7/h2-6H,1H3. The SMILES string of the molecule is COS(=O)(=O)Oc1ccccc1. The maximum absolute atomic E-state index is 10.7. The molecule has 0 amide bonds. The molecule has 0 N–H and O–H groups in total. The van der Waals surface area contributed by atoms with Gasteiger partial charge >= 0.3 is 10.4 Å². The van der Waals surface area contributed by atoms with E-state index in [0.29, 0.717) is 0 Å². The van der Waals surface area contributed by atoms with Crippen LogP contribution >= 0.6 is 0 Å². The molecule has 0 unspecified atom stereocenters. The topological polar surface area (TPSA) is 52.6 Å². The van der Waals surface area contributed by atoms with Crippen LogP contribution in [-0.4, -0.2) is 15.5 Å². The summed E-state index contributed by atoms with van der Waals surface area (Å²) >= 11 is 0. The van der Waals surface area contributed by atoms with E-state index in [4.69, 9.17) is 0 Å². The maximum atomic E-state index is 10.7. The fourth-order valence-electron chi connectivity index (χ4n) is 0.628. The van der Waals surface area contributed by atoms with Gasteiger partial charge in [-0.2, -0.15) is 8.42 Å². The summed E-state index contributed by atoms with van der Waals surface area (Å²) in [6.07, 6.45) is 0. The Morgan fingerprint density at radius 3 is 2.25 bits per heavy atom. The third kappa shape index (κ3) is 2.52. The number of benzene rings is 1. The third-order valence-electron chi connectivity index (χ3n) is 1.15. The van der Waals surface area contributed by atoms with Gasteiger partial charge in [-0.1, -0.05) is 18.2 Å². The molecule has 0 aromatic heterocycles. The van der Waals surface area contributed by atoms with Gasteiger partial charge in [0.05, 0.1) is 7.11 Å². The molecule has 0 heterocycles. The van der Waals surface area contributed by atoms with Crippen LogP contribution in [0.15, 0.2) is 30.3 Å². The summed E-state index contributed by atoms with van der Waals surface area (Å²) in [7, 11) is -2.83. The lowest BCUT2D eigenvalue weighted by atomic mass is 10.3. The van der Waals surface area contributed by atoms with Gasteiger partial charge in [0.2, 0.25) is 0 Å². The quantitative estimate of drug-likeness (QED) is 0.708. The van der Waals surface area contributed by atoms with Gasteiger partial charge in [-0.05, 0) is 12.1 Å². The first kappa shape index (κ1) is 9.02. The number of rotatable bonds is 3. The zero-order chi connectivity index (χ0) is 9.03. The molecule has 0 fully saturated rings. The van der Waals surface area contributed by atoms with Crippen molar-refractivity contribution in [2.75, 3.05) is 7.11 Å². The van der Waals surface area contributed by atoms with Crippen molar-refractivity contribution in [1.29, 1.82) is 0 Å². The van der Waals surface area contributed by atoms with Crippen molar-refractivity contribution in [1.82, 2.24) is 0 Å². The number of para-hydroxylation sites is 1.